The second-order valence-electron chi connectivity index (χ2n) is 4.42. The molecular formula is C13H17N3O2. The van der Waals surface area contributed by atoms with Crippen LogP contribution in [-0.2, 0) is 0 Å². The van der Waals surface area contributed by atoms with Gasteiger partial charge in [0.25, 0.3) is 5.91 Å². The van der Waals surface area contributed by atoms with E-state index in [9.17, 15) is 4.79 Å². The van der Waals surface area contributed by atoms with E-state index in [1.165, 1.54) is 0 Å². The maximum absolute atomic E-state index is 11.9. The molecule has 1 heterocycles. The van der Waals surface area contributed by atoms with E-state index >= 15 is 0 Å². The van der Waals surface area contributed by atoms with E-state index in [2.05, 4.69) is 10.3 Å². The number of benzene rings is 1. The van der Waals surface area contributed by atoms with Crippen LogP contribution in [0, 0.1) is 0 Å². The highest BCUT2D eigenvalue weighted by Gasteiger charge is 2.12. The number of H-pyrrole nitrogens is 1. The molecule has 0 spiro atoms. The van der Waals surface area contributed by atoms with Crippen LogP contribution >= 0.6 is 0 Å². The molecule has 1 aromatic carbocycles. The van der Waals surface area contributed by atoms with E-state index in [4.69, 9.17) is 10.8 Å². The first-order valence-electron chi connectivity index (χ1n) is 5.90. The molecule has 1 atom stereocenters. The number of nitrogen functional groups attached to an aromatic ring is 1. The van der Waals surface area contributed by atoms with Crippen molar-refractivity contribution in [1.82, 2.24) is 10.3 Å². The quantitative estimate of drug-likeness (QED) is 0.613. The zero-order valence-electron chi connectivity index (χ0n) is 10.2. The van der Waals surface area contributed by atoms with Gasteiger partial charge in [0.1, 0.15) is 5.69 Å². The van der Waals surface area contributed by atoms with Crippen molar-refractivity contribution in [1.29, 1.82) is 0 Å². The minimum Gasteiger partial charge on any atom is -0.399 e. The Labute approximate surface area is 105 Å². The standard InChI is InChI=1S/C13H17N3O2/c1-8(4-5-17)15-13(18)12-7-9-6-10(14)2-3-11(9)16-12/h2-3,6-8,16-17H,4-5,14H2,1H3,(H,15,18). The highest BCUT2D eigenvalue weighted by Crippen LogP contribution is 2.18. The summed E-state index contributed by atoms with van der Waals surface area (Å²) >= 11 is 0. The molecule has 1 aromatic heterocycles. The van der Waals surface area contributed by atoms with Gasteiger partial charge in [0.2, 0.25) is 0 Å². The van der Waals surface area contributed by atoms with Crippen LogP contribution in [0.4, 0.5) is 5.69 Å². The normalized spacial score (nSPS) is 12.6. The maximum atomic E-state index is 11.9. The number of aromatic nitrogens is 1. The van der Waals surface area contributed by atoms with Crippen LogP contribution < -0.4 is 11.1 Å². The van der Waals surface area contributed by atoms with Gasteiger partial charge in [0, 0.05) is 29.2 Å². The van der Waals surface area contributed by atoms with Gasteiger partial charge in [-0.05, 0) is 37.6 Å². The predicted octanol–water partition coefficient (Wildman–Crippen LogP) is 1.25. The average Bonchev–Trinajstić information content (AvgIpc) is 2.72. The maximum Gasteiger partial charge on any atom is 0.267 e. The van der Waals surface area contributed by atoms with Crippen molar-refractivity contribution in [2.75, 3.05) is 12.3 Å². The van der Waals surface area contributed by atoms with Gasteiger partial charge in [-0.15, -0.1) is 0 Å². The van der Waals surface area contributed by atoms with Crippen LogP contribution in [0.1, 0.15) is 23.8 Å². The fourth-order valence-electron chi connectivity index (χ4n) is 1.84. The van der Waals surface area contributed by atoms with Crippen LogP contribution in [0.25, 0.3) is 10.9 Å². The molecule has 0 radical (unpaired) electrons. The molecule has 0 fully saturated rings. The number of aliphatic hydroxyl groups excluding tert-OH is 1. The first-order valence-corrected chi connectivity index (χ1v) is 5.90. The molecular weight excluding hydrogens is 230 g/mol. The molecule has 18 heavy (non-hydrogen) atoms. The molecule has 96 valence electrons. The molecule has 1 unspecified atom stereocenters. The minimum atomic E-state index is -0.175. The third-order valence-electron chi connectivity index (χ3n) is 2.83. The predicted molar refractivity (Wildman–Crippen MR) is 71.3 cm³/mol. The number of rotatable bonds is 4. The van der Waals surface area contributed by atoms with E-state index < -0.39 is 0 Å². The highest BCUT2D eigenvalue weighted by atomic mass is 16.3. The fraction of sp³-hybridized carbons (Fsp3) is 0.308. The lowest BCUT2D eigenvalue weighted by Gasteiger charge is -2.11. The number of aliphatic hydroxyl groups is 1. The Morgan fingerprint density at radius 2 is 2.28 bits per heavy atom. The second kappa shape index (κ2) is 5.10. The third-order valence-corrected chi connectivity index (χ3v) is 2.83. The van der Waals surface area contributed by atoms with Crippen LogP contribution in [0.2, 0.25) is 0 Å². The molecule has 1 amide bonds. The van der Waals surface area contributed by atoms with Crippen LogP contribution in [-0.4, -0.2) is 28.6 Å². The van der Waals surface area contributed by atoms with E-state index in [1.807, 2.05) is 19.1 Å². The van der Waals surface area contributed by atoms with E-state index in [0.29, 0.717) is 17.8 Å². The van der Waals surface area contributed by atoms with Crippen LogP contribution in [0.15, 0.2) is 24.3 Å². The number of carbonyl (C=O) groups is 1. The smallest absolute Gasteiger partial charge is 0.267 e. The molecule has 0 saturated carbocycles. The molecule has 0 bridgehead atoms. The van der Waals surface area contributed by atoms with E-state index in [0.717, 1.165) is 10.9 Å². The molecule has 0 aliphatic rings. The number of aromatic amines is 1. The summed E-state index contributed by atoms with van der Waals surface area (Å²) in [7, 11) is 0. The molecule has 5 N–H and O–H groups in total. The van der Waals surface area contributed by atoms with E-state index in [-0.39, 0.29) is 18.6 Å². The number of hydrogen-bond acceptors (Lipinski definition) is 3. The Bertz CT molecular complexity index is 562. The monoisotopic (exact) mass is 247 g/mol. The minimum absolute atomic E-state index is 0.0565. The van der Waals surface area contributed by atoms with Crippen molar-refractivity contribution in [3.8, 4) is 0 Å². The topological polar surface area (TPSA) is 91.1 Å². The fourth-order valence-corrected chi connectivity index (χ4v) is 1.84. The summed E-state index contributed by atoms with van der Waals surface area (Å²) in [6.45, 7) is 1.92. The first kappa shape index (κ1) is 12.4. The largest absolute Gasteiger partial charge is 0.399 e. The zero-order valence-corrected chi connectivity index (χ0v) is 10.2. The Kier molecular flexibility index (Phi) is 3.53. The number of amides is 1. The van der Waals surface area contributed by atoms with Crippen molar-refractivity contribution < 1.29 is 9.90 Å². The SMILES string of the molecule is CC(CCO)NC(=O)c1cc2cc(N)ccc2[nH]1. The van der Waals surface area contributed by atoms with Crippen molar-refractivity contribution in [3.05, 3.63) is 30.0 Å². The lowest BCUT2D eigenvalue weighted by molar-refractivity contribution is 0.0930. The van der Waals surface area contributed by atoms with E-state index in [1.54, 1.807) is 12.1 Å². The number of anilines is 1. The van der Waals surface area contributed by atoms with Gasteiger partial charge in [-0.25, -0.2) is 0 Å². The molecule has 2 rings (SSSR count). The van der Waals surface area contributed by atoms with Crippen molar-refractivity contribution in [2.45, 2.75) is 19.4 Å². The molecule has 0 saturated heterocycles. The lowest BCUT2D eigenvalue weighted by atomic mass is 10.2. The number of hydrogen-bond donors (Lipinski definition) is 4. The molecule has 2 aromatic rings. The van der Waals surface area contributed by atoms with Gasteiger partial charge in [0.05, 0.1) is 0 Å². The van der Waals surface area contributed by atoms with Crippen molar-refractivity contribution in [3.63, 3.8) is 0 Å². The van der Waals surface area contributed by atoms with Gasteiger partial charge < -0.3 is 21.1 Å². The zero-order chi connectivity index (χ0) is 13.1. The molecule has 0 aliphatic heterocycles. The molecule has 5 heteroatoms. The van der Waals surface area contributed by atoms with Gasteiger partial charge in [-0.2, -0.15) is 0 Å². The highest BCUT2D eigenvalue weighted by molar-refractivity contribution is 5.98. The summed E-state index contributed by atoms with van der Waals surface area (Å²) in [5, 5.41) is 12.5. The Morgan fingerprint density at radius 1 is 1.50 bits per heavy atom. The Hall–Kier alpha value is -2.01. The van der Waals surface area contributed by atoms with Gasteiger partial charge in [-0.3, -0.25) is 4.79 Å². The van der Waals surface area contributed by atoms with Gasteiger partial charge in [0.15, 0.2) is 0 Å². The number of nitrogens with one attached hydrogen (secondary N) is 2. The van der Waals surface area contributed by atoms with Gasteiger partial charge >= 0.3 is 0 Å². The number of nitrogens with two attached hydrogens (primary N) is 1. The third kappa shape index (κ3) is 2.62. The average molecular weight is 247 g/mol. The van der Waals surface area contributed by atoms with Gasteiger partial charge in [-0.1, -0.05) is 0 Å². The summed E-state index contributed by atoms with van der Waals surface area (Å²) in [5.41, 5.74) is 7.74. The van der Waals surface area contributed by atoms with Crippen LogP contribution in [0.3, 0.4) is 0 Å². The summed E-state index contributed by atoms with van der Waals surface area (Å²) in [4.78, 5) is 15.0. The van der Waals surface area contributed by atoms with Crippen LogP contribution in [0.5, 0.6) is 0 Å². The van der Waals surface area contributed by atoms with Crippen molar-refractivity contribution in [2.24, 2.45) is 0 Å². The first-order chi connectivity index (χ1) is 8.60. The lowest BCUT2D eigenvalue weighted by Crippen LogP contribution is -2.33. The molecule has 0 aliphatic carbocycles. The van der Waals surface area contributed by atoms with Crippen molar-refractivity contribution >= 4 is 22.5 Å². The summed E-state index contributed by atoms with van der Waals surface area (Å²) in [5.74, 6) is -0.175. The Balaban J connectivity index is 2.18. The second-order valence-corrected chi connectivity index (χ2v) is 4.42. The number of fused-ring (bicyclic) bond motifs is 1. The number of carbonyl (C=O) groups excluding carboxylic acids is 1. The summed E-state index contributed by atoms with van der Waals surface area (Å²) in [6, 6.07) is 7.17. The summed E-state index contributed by atoms with van der Waals surface area (Å²) < 4.78 is 0. The molecule has 5 nitrogen and oxygen atoms in total. The Morgan fingerprint density at radius 3 is 3.00 bits per heavy atom. The summed E-state index contributed by atoms with van der Waals surface area (Å²) in [6.07, 6.45) is 0.541.